The normalized spacial score (nSPS) is 13.1. The van der Waals surface area contributed by atoms with Crippen molar-refractivity contribution in [3.63, 3.8) is 0 Å². The molecule has 0 aliphatic heterocycles. The zero-order chi connectivity index (χ0) is 20.6. The number of carbonyl (C=O) groups is 1. The van der Waals surface area contributed by atoms with Gasteiger partial charge in [-0.2, -0.15) is 0 Å². The maximum atomic E-state index is 13.0. The van der Waals surface area contributed by atoms with Crippen molar-refractivity contribution >= 4 is 5.91 Å². The van der Waals surface area contributed by atoms with Crippen LogP contribution in [-0.2, 0) is 4.79 Å². The van der Waals surface area contributed by atoms with E-state index in [1.807, 2.05) is 67.6 Å². The highest BCUT2D eigenvalue weighted by Crippen LogP contribution is 2.28. The van der Waals surface area contributed by atoms with Crippen LogP contribution >= 0.6 is 0 Å². The molecule has 0 heterocycles. The van der Waals surface area contributed by atoms with Crippen molar-refractivity contribution < 1.29 is 14.3 Å². The Labute approximate surface area is 171 Å². The zero-order valence-corrected chi connectivity index (χ0v) is 16.5. The minimum Gasteiger partial charge on any atom is -0.388 e. The first-order valence-electron chi connectivity index (χ1n) is 9.85. The molecule has 3 aromatic rings. The number of amides is 1. The van der Waals surface area contributed by atoms with Crippen molar-refractivity contribution in [2.24, 2.45) is 0 Å². The summed E-state index contributed by atoms with van der Waals surface area (Å²) in [6.07, 6.45) is -0.0751. The van der Waals surface area contributed by atoms with Gasteiger partial charge < -0.3 is 10.4 Å². The van der Waals surface area contributed by atoms with E-state index in [1.54, 1.807) is 12.1 Å². The summed E-state index contributed by atoms with van der Waals surface area (Å²) in [5.74, 6) is -0.441. The van der Waals surface area contributed by atoms with E-state index in [9.17, 15) is 14.3 Å². The zero-order valence-electron chi connectivity index (χ0n) is 16.5. The van der Waals surface area contributed by atoms with Gasteiger partial charge in [-0.3, -0.25) is 4.79 Å². The number of aliphatic hydroxyl groups is 1. The third-order valence-electron chi connectivity index (χ3n) is 5.03. The summed E-state index contributed by atoms with van der Waals surface area (Å²) in [5, 5.41) is 13.3. The van der Waals surface area contributed by atoms with Crippen LogP contribution < -0.4 is 5.32 Å². The number of hydrogen-bond donors (Lipinski definition) is 2. The van der Waals surface area contributed by atoms with Gasteiger partial charge in [0.05, 0.1) is 6.10 Å². The van der Waals surface area contributed by atoms with Crippen molar-refractivity contribution in [2.45, 2.75) is 37.8 Å². The van der Waals surface area contributed by atoms with Crippen LogP contribution in [0.4, 0.5) is 4.39 Å². The van der Waals surface area contributed by atoms with Crippen LogP contribution in [0.25, 0.3) is 0 Å². The molecular formula is C25H26FNO2. The Bertz CT molecular complexity index is 858. The van der Waals surface area contributed by atoms with Gasteiger partial charge in [0.2, 0.25) is 5.91 Å². The molecule has 2 N–H and O–H groups in total. The first-order chi connectivity index (χ1) is 14.0. The fourth-order valence-electron chi connectivity index (χ4n) is 3.53. The maximum absolute atomic E-state index is 13.0. The molecule has 0 aliphatic rings. The summed E-state index contributed by atoms with van der Waals surface area (Å²) >= 11 is 0. The molecule has 29 heavy (non-hydrogen) atoms. The molecule has 0 unspecified atom stereocenters. The fraction of sp³-hybridized carbons (Fsp3) is 0.240. The Morgan fingerprint density at radius 3 is 1.90 bits per heavy atom. The molecule has 0 aliphatic carbocycles. The summed E-state index contributed by atoms with van der Waals surface area (Å²) in [5.41, 5.74) is 2.82. The predicted octanol–water partition coefficient (Wildman–Crippen LogP) is 4.98. The number of carbonyl (C=O) groups excluding carboxylic acids is 1. The number of benzene rings is 3. The van der Waals surface area contributed by atoms with E-state index in [0.29, 0.717) is 18.4 Å². The molecule has 0 fully saturated rings. The summed E-state index contributed by atoms with van der Waals surface area (Å²) in [7, 11) is 0. The largest absolute Gasteiger partial charge is 0.388 e. The van der Waals surface area contributed by atoms with E-state index in [1.165, 1.54) is 12.1 Å². The van der Waals surface area contributed by atoms with E-state index in [-0.39, 0.29) is 23.7 Å². The SMILES string of the molecule is C[C@@H](C[C@H](O)c1ccc(F)cc1)NC(=O)CC(c1ccccc1)c1ccccc1. The van der Waals surface area contributed by atoms with Gasteiger partial charge in [0.1, 0.15) is 5.82 Å². The number of halogens is 1. The van der Waals surface area contributed by atoms with Crippen LogP contribution in [-0.4, -0.2) is 17.1 Å². The Hall–Kier alpha value is -2.98. The van der Waals surface area contributed by atoms with Gasteiger partial charge in [-0.15, -0.1) is 0 Å². The average molecular weight is 391 g/mol. The quantitative estimate of drug-likeness (QED) is 0.569. The molecule has 0 radical (unpaired) electrons. The van der Waals surface area contributed by atoms with Crippen molar-refractivity contribution in [1.82, 2.24) is 5.32 Å². The molecule has 1 amide bonds. The second-order valence-electron chi connectivity index (χ2n) is 7.35. The van der Waals surface area contributed by atoms with Crippen LogP contribution in [0.2, 0.25) is 0 Å². The molecule has 0 aromatic heterocycles. The molecule has 3 nitrogen and oxygen atoms in total. The van der Waals surface area contributed by atoms with E-state index in [0.717, 1.165) is 11.1 Å². The lowest BCUT2D eigenvalue weighted by Crippen LogP contribution is -2.34. The minimum atomic E-state index is -0.759. The highest BCUT2D eigenvalue weighted by molar-refractivity contribution is 5.77. The molecule has 3 rings (SSSR count). The lowest BCUT2D eigenvalue weighted by Gasteiger charge is -2.21. The maximum Gasteiger partial charge on any atom is 0.221 e. The van der Waals surface area contributed by atoms with Gasteiger partial charge >= 0.3 is 0 Å². The van der Waals surface area contributed by atoms with Gasteiger partial charge in [-0.25, -0.2) is 4.39 Å². The smallest absolute Gasteiger partial charge is 0.221 e. The van der Waals surface area contributed by atoms with E-state index >= 15 is 0 Å². The lowest BCUT2D eigenvalue weighted by atomic mass is 9.88. The summed E-state index contributed by atoms with van der Waals surface area (Å²) in [4.78, 5) is 12.7. The molecule has 4 heteroatoms. The molecule has 0 saturated carbocycles. The van der Waals surface area contributed by atoms with Crippen LogP contribution in [0.3, 0.4) is 0 Å². The topological polar surface area (TPSA) is 49.3 Å². The number of rotatable bonds is 8. The van der Waals surface area contributed by atoms with Crippen molar-refractivity contribution in [1.29, 1.82) is 0 Å². The molecule has 150 valence electrons. The van der Waals surface area contributed by atoms with E-state index < -0.39 is 6.10 Å². The van der Waals surface area contributed by atoms with Crippen molar-refractivity contribution in [2.75, 3.05) is 0 Å². The van der Waals surface area contributed by atoms with Crippen LogP contribution in [0, 0.1) is 5.82 Å². The Balaban J connectivity index is 1.63. The van der Waals surface area contributed by atoms with E-state index in [4.69, 9.17) is 0 Å². The predicted molar refractivity (Wildman–Crippen MR) is 113 cm³/mol. The second kappa shape index (κ2) is 9.99. The van der Waals surface area contributed by atoms with Crippen LogP contribution in [0.15, 0.2) is 84.9 Å². The number of aliphatic hydroxyl groups excluding tert-OH is 1. The Morgan fingerprint density at radius 2 is 1.38 bits per heavy atom. The Morgan fingerprint density at radius 1 is 0.862 bits per heavy atom. The lowest BCUT2D eigenvalue weighted by molar-refractivity contribution is -0.122. The monoisotopic (exact) mass is 391 g/mol. The average Bonchev–Trinajstić information content (AvgIpc) is 2.73. The van der Waals surface area contributed by atoms with E-state index in [2.05, 4.69) is 5.32 Å². The first-order valence-corrected chi connectivity index (χ1v) is 9.85. The molecule has 0 bridgehead atoms. The highest BCUT2D eigenvalue weighted by atomic mass is 19.1. The Kier molecular flexibility index (Phi) is 7.14. The van der Waals surface area contributed by atoms with Gasteiger partial charge in [-0.05, 0) is 42.2 Å². The molecular weight excluding hydrogens is 365 g/mol. The minimum absolute atomic E-state index is 0.0355. The van der Waals surface area contributed by atoms with Gasteiger partial charge in [-0.1, -0.05) is 72.8 Å². The number of hydrogen-bond acceptors (Lipinski definition) is 2. The van der Waals surface area contributed by atoms with Gasteiger partial charge in [0.25, 0.3) is 0 Å². The highest BCUT2D eigenvalue weighted by Gasteiger charge is 2.20. The molecule has 2 atom stereocenters. The molecule has 0 spiro atoms. The third-order valence-corrected chi connectivity index (χ3v) is 5.03. The first kappa shape index (κ1) is 20.7. The van der Waals surface area contributed by atoms with Crippen LogP contribution in [0.1, 0.15) is 48.5 Å². The van der Waals surface area contributed by atoms with Crippen molar-refractivity contribution in [3.8, 4) is 0 Å². The fourth-order valence-corrected chi connectivity index (χ4v) is 3.53. The molecule has 0 saturated heterocycles. The summed E-state index contributed by atoms with van der Waals surface area (Å²) in [6.45, 7) is 1.87. The van der Waals surface area contributed by atoms with Crippen molar-refractivity contribution in [3.05, 3.63) is 107 Å². The third kappa shape index (κ3) is 6.00. The standard InChI is InChI=1S/C25H26FNO2/c1-18(16-24(28)21-12-14-22(26)15-13-21)27-25(29)17-23(19-8-4-2-5-9-19)20-10-6-3-7-11-20/h2-15,18,23-24,28H,16-17H2,1H3,(H,27,29)/t18-,24-/m0/s1. The van der Waals surface area contributed by atoms with Crippen LogP contribution in [0.5, 0.6) is 0 Å². The second-order valence-corrected chi connectivity index (χ2v) is 7.35. The summed E-state index contributed by atoms with van der Waals surface area (Å²) < 4.78 is 13.0. The molecule has 3 aromatic carbocycles. The number of nitrogens with one attached hydrogen (secondary N) is 1. The summed E-state index contributed by atoms with van der Waals surface area (Å²) in [6, 6.07) is 25.5. The van der Waals surface area contributed by atoms with Gasteiger partial charge in [0, 0.05) is 18.4 Å². The van der Waals surface area contributed by atoms with Gasteiger partial charge in [0.15, 0.2) is 0 Å².